The first-order chi connectivity index (χ1) is 18.4. The van der Waals surface area contributed by atoms with Crippen LogP contribution in [0.4, 0.5) is 5.82 Å². The molecule has 0 radical (unpaired) electrons. The highest BCUT2D eigenvalue weighted by Crippen LogP contribution is 2.31. The average Bonchev–Trinajstić information content (AvgIpc) is 3.32. The molecule has 1 N–H and O–H groups in total. The molecule has 196 valence electrons. The molecule has 4 aromatic rings. The van der Waals surface area contributed by atoms with Crippen molar-refractivity contribution in [1.82, 2.24) is 9.78 Å². The Morgan fingerprint density at radius 2 is 1.61 bits per heavy atom. The van der Waals surface area contributed by atoms with Gasteiger partial charge in [-0.05, 0) is 57.2 Å². The van der Waals surface area contributed by atoms with E-state index in [1.54, 1.807) is 35.0 Å². The van der Waals surface area contributed by atoms with Gasteiger partial charge in [0.1, 0.15) is 5.82 Å². The molecular formula is C30H30ClN3O4. The number of ketones is 1. The van der Waals surface area contributed by atoms with E-state index in [-0.39, 0.29) is 24.5 Å². The summed E-state index contributed by atoms with van der Waals surface area (Å²) in [4.78, 5) is 25.8. The maximum atomic E-state index is 12.9. The van der Waals surface area contributed by atoms with Crippen molar-refractivity contribution in [1.29, 1.82) is 0 Å². The number of halogens is 1. The number of aryl methyl sites for hydroxylation is 1. The smallest absolute Gasteiger partial charge is 0.225 e. The largest absolute Gasteiger partial charge is 0.490 e. The SMILES string of the molecule is CCOc1ccc(C(=O)CCC(=O)Nc2cc(-c3ccccc3Cl)nn2-c2ccc(C)cc2)cc1OCC. The molecule has 4 rings (SSSR count). The molecule has 0 saturated carbocycles. The third kappa shape index (κ3) is 6.42. The van der Waals surface area contributed by atoms with Crippen molar-refractivity contribution >= 4 is 29.1 Å². The molecule has 0 aliphatic heterocycles. The van der Waals surface area contributed by atoms with Crippen LogP contribution in [0.25, 0.3) is 16.9 Å². The number of benzene rings is 3. The van der Waals surface area contributed by atoms with Crippen molar-refractivity contribution in [3.63, 3.8) is 0 Å². The van der Waals surface area contributed by atoms with Crippen molar-refractivity contribution in [2.75, 3.05) is 18.5 Å². The van der Waals surface area contributed by atoms with Crippen LogP contribution in [0, 0.1) is 6.92 Å². The molecule has 0 aliphatic carbocycles. The minimum atomic E-state index is -0.298. The zero-order valence-electron chi connectivity index (χ0n) is 21.7. The number of hydrogen-bond acceptors (Lipinski definition) is 5. The third-order valence-corrected chi connectivity index (χ3v) is 6.18. The first-order valence-electron chi connectivity index (χ1n) is 12.5. The summed E-state index contributed by atoms with van der Waals surface area (Å²) >= 11 is 6.40. The van der Waals surface area contributed by atoms with Crippen LogP contribution in [0.3, 0.4) is 0 Å². The second-order valence-electron chi connectivity index (χ2n) is 8.64. The maximum absolute atomic E-state index is 12.9. The summed E-state index contributed by atoms with van der Waals surface area (Å²) in [7, 11) is 0. The van der Waals surface area contributed by atoms with Crippen molar-refractivity contribution in [2.24, 2.45) is 0 Å². The summed E-state index contributed by atoms with van der Waals surface area (Å²) in [5.74, 6) is 1.13. The van der Waals surface area contributed by atoms with Crippen molar-refractivity contribution < 1.29 is 19.1 Å². The highest BCUT2D eigenvalue weighted by Gasteiger charge is 2.17. The van der Waals surface area contributed by atoms with Gasteiger partial charge in [-0.2, -0.15) is 5.10 Å². The van der Waals surface area contributed by atoms with E-state index in [4.69, 9.17) is 26.2 Å². The van der Waals surface area contributed by atoms with Gasteiger partial charge in [0.2, 0.25) is 5.91 Å². The molecule has 1 aromatic heterocycles. The molecule has 0 aliphatic rings. The van der Waals surface area contributed by atoms with Gasteiger partial charge in [-0.15, -0.1) is 0 Å². The fourth-order valence-electron chi connectivity index (χ4n) is 3.95. The quantitative estimate of drug-likeness (QED) is 0.213. The lowest BCUT2D eigenvalue weighted by molar-refractivity contribution is -0.116. The van der Waals surface area contributed by atoms with Crippen molar-refractivity contribution in [3.8, 4) is 28.4 Å². The predicted octanol–water partition coefficient (Wildman–Crippen LogP) is 6.90. The van der Waals surface area contributed by atoms with Crippen LogP contribution in [0.1, 0.15) is 42.6 Å². The molecule has 0 fully saturated rings. The molecule has 38 heavy (non-hydrogen) atoms. The summed E-state index contributed by atoms with van der Waals surface area (Å²) in [6.45, 7) is 6.70. The number of rotatable bonds is 11. The topological polar surface area (TPSA) is 82.5 Å². The number of amides is 1. The highest BCUT2D eigenvalue weighted by molar-refractivity contribution is 6.33. The Morgan fingerprint density at radius 3 is 2.32 bits per heavy atom. The fourth-order valence-corrected chi connectivity index (χ4v) is 4.19. The van der Waals surface area contributed by atoms with Crippen molar-refractivity contribution in [3.05, 3.63) is 88.9 Å². The number of Topliss-reactive ketones (excluding diaryl/α,β-unsaturated/α-hetero) is 1. The molecule has 0 atom stereocenters. The Kier molecular flexibility index (Phi) is 8.81. The summed E-state index contributed by atoms with van der Waals surface area (Å²) in [5.41, 5.74) is 3.75. The van der Waals surface area contributed by atoms with Crippen LogP contribution in [-0.2, 0) is 4.79 Å². The average molecular weight is 532 g/mol. The summed E-state index contributed by atoms with van der Waals surface area (Å²) in [6, 6.07) is 22.1. The van der Waals surface area contributed by atoms with Gasteiger partial charge in [-0.1, -0.05) is 47.5 Å². The molecule has 0 bridgehead atoms. The Hall–Kier alpha value is -4.10. The number of nitrogens with zero attached hydrogens (tertiary/aromatic N) is 2. The summed E-state index contributed by atoms with van der Waals surface area (Å²) in [5, 5.41) is 8.19. The number of aromatic nitrogens is 2. The number of nitrogens with one attached hydrogen (secondary N) is 1. The van der Waals surface area contributed by atoms with Crippen molar-refractivity contribution in [2.45, 2.75) is 33.6 Å². The highest BCUT2D eigenvalue weighted by atomic mass is 35.5. The van der Waals surface area contributed by atoms with Gasteiger partial charge in [0.25, 0.3) is 0 Å². The molecule has 8 heteroatoms. The van der Waals surface area contributed by atoms with Gasteiger partial charge in [-0.25, -0.2) is 4.68 Å². The fraction of sp³-hybridized carbons (Fsp3) is 0.233. The van der Waals surface area contributed by atoms with Gasteiger partial charge >= 0.3 is 0 Å². The van der Waals surface area contributed by atoms with Crippen LogP contribution in [0.2, 0.25) is 5.02 Å². The second-order valence-corrected chi connectivity index (χ2v) is 9.05. The van der Waals surface area contributed by atoms with Crippen LogP contribution in [-0.4, -0.2) is 34.7 Å². The lowest BCUT2D eigenvalue weighted by atomic mass is 10.1. The molecule has 7 nitrogen and oxygen atoms in total. The van der Waals surface area contributed by atoms with Crippen LogP contribution < -0.4 is 14.8 Å². The van der Waals surface area contributed by atoms with E-state index in [0.717, 1.165) is 16.8 Å². The third-order valence-electron chi connectivity index (χ3n) is 5.85. The zero-order chi connectivity index (χ0) is 27.1. The lowest BCUT2D eigenvalue weighted by Gasteiger charge is -2.12. The van der Waals surface area contributed by atoms with E-state index in [1.165, 1.54) is 0 Å². The van der Waals surface area contributed by atoms with Gasteiger partial charge in [0.15, 0.2) is 17.3 Å². The molecule has 1 heterocycles. The summed E-state index contributed by atoms with van der Waals surface area (Å²) in [6.07, 6.45) is 0.0535. The van der Waals surface area contributed by atoms with Gasteiger partial charge in [0, 0.05) is 30.0 Å². The molecular weight excluding hydrogens is 502 g/mol. The van der Waals surface area contributed by atoms with Gasteiger partial charge in [0.05, 0.1) is 29.6 Å². The first-order valence-corrected chi connectivity index (χ1v) is 12.9. The Labute approximate surface area is 227 Å². The normalized spacial score (nSPS) is 10.7. The van der Waals surface area contributed by atoms with Crippen LogP contribution in [0.15, 0.2) is 72.8 Å². The van der Waals surface area contributed by atoms with E-state index >= 15 is 0 Å². The molecule has 0 spiro atoms. The monoisotopic (exact) mass is 531 g/mol. The molecule has 0 saturated heterocycles. The number of ether oxygens (including phenoxy) is 2. The van der Waals surface area contributed by atoms with Gasteiger partial charge in [-0.3, -0.25) is 9.59 Å². The van der Waals surface area contributed by atoms with E-state index in [9.17, 15) is 9.59 Å². The molecule has 0 unspecified atom stereocenters. The second kappa shape index (κ2) is 12.4. The van der Waals surface area contributed by atoms with E-state index in [0.29, 0.717) is 46.8 Å². The number of anilines is 1. The van der Waals surface area contributed by atoms with E-state index in [1.807, 2.05) is 63.2 Å². The lowest BCUT2D eigenvalue weighted by Crippen LogP contribution is -2.16. The molecule has 1 amide bonds. The summed E-state index contributed by atoms with van der Waals surface area (Å²) < 4.78 is 12.9. The molecule has 3 aromatic carbocycles. The first kappa shape index (κ1) is 26.9. The Morgan fingerprint density at radius 1 is 0.895 bits per heavy atom. The standard InChI is InChI=1S/C30H30ClN3O4/c1-4-37-27-16-12-21(18-28(27)38-5-2)26(35)15-17-30(36)32-29-19-25(23-8-6-7-9-24(23)31)33-34(29)22-13-10-20(3)11-14-22/h6-14,16,18-19H,4-5,15,17H2,1-3H3,(H,32,36). The Balaban J connectivity index is 1.51. The minimum absolute atomic E-state index is 0.0104. The predicted molar refractivity (Wildman–Crippen MR) is 150 cm³/mol. The van der Waals surface area contributed by atoms with E-state index in [2.05, 4.69) is 5.32 Å². The van der Waals surface area contributed by atoms with E-state index < -0.39 is 0 Å². The number of carbonyl (C=O) groups excluding carboxylic acids is 2. The van der Waals surface area contributed by atoms with Crippen LogP contribution in [0.5, 0.6) is 11.5 Å². The number of hydrogen-bond donors (Lipinski definition) is 1. The zero-order valence-corrected chi connectivity index (χ0v) is 22.4. The minimum Gasteiger partial charge on any atom is -0.490 e. The maximum Gasteiger partial charge on any atom is 0.225 e. The number of carbonyl (C=O) groups is 2. The Bertz CT molecular complexity index is 1430. The van der Waals surface area contributed by atoms with Crippen LogP contribution >= 0.6 is 11.6 Å². The van der Waals surface area contributed by atoms with Gasteiger partial charge < -0.3 is 14.8 Å².